The molecule has 0 aliphatic heterocycles. The number of nitrogens with two attached hydrogens (primary N) is 1. The fraction of sp³-hybridized carbons (Fsp3) is 0.417. The van der Waals surface area contributed by atoms with Gasteiger partial charge in [0.1, 0.15) is 5.82 Å². The molecule has 0 aromatic heterocycles. The van der Waals surface area contributed by atoms with Crippen LogP contribution in [0.2, 0.25) is 0 Å². The van der Waals surface area contributed by atoms with Gasteiger partial charge in [-0.1, -0.05) is 19.9 Å². The normalized spacial score (nSPS) is 12.6. The highest BCUT2D eigenvalue weighted by molar-refractivity contribution is 5.95. The van der Waals surface area contributed by atoms with Crippen molar-refractivity contribution in [1.82, 2.24) is 0 Å². The first-order valence-corrected chi connectivity index (χ1v) is 5.25. The molecule has 16 heavy (non-hydrogen) atoms. The molecule has 1 amide bonds. The maximum absolute atomic E-state index is 13.2. The number of amides is 1. The fourth-order valence-electron chi connectivity index (χ4n) is 1.26. The first kappa shape index (κ1) is 12.6. The van der Waals surface area contributed by atoms with E-state index in [-0.39, 0.29) is 17.6 Å². The molecule has 0 fully saturated rings. The van der Waals surface area contributed by atoms with Gasteiger partial charge >= 0.3 is 0 Å². The van der Waals surface area contributed by atoms with Crippen LogP contribution in [0.1, 0.15) is 19.4 Å². The van der Waals surface area contributed by atoms with E-state index >= 15 is 0 Å². The molecule has 1 rings (SSSR count). The molecule has 0 aliphatic rings. The summed E-state index contributed by atoms with van der Waals surface area (Å²) in [7, 11) is 0. The van der Waals surface area contributed by atoms with E-state index < -0.39 is 6.04 Å². The minimum absolute atomic E-state index is 0.0499. The summed E-state index contributed by atoms with van der Waals surface area (Å²) >= 11 is 0. The molecule has 3 N–H and O–H groups in total. The van der Waals surface area contributed by atoms with Crippen molar-refractivity contribution in [2.24, 2.45) is 11.7 Å². The van der Waals surface area contributed by atoms with Gasteiger partial charge in [-0.15, -0.1) is 0 Å². The zero-order valence-corrected chi connectivity index (χ0v) is 9.75. The third-order valence-electron chi connectivity index (χ3n) is 2.55. The van der Waals surface area contributed by atoms with Crippen LogP contribution in [0, 0.1) is 18.7 Å². The van der Waals surface area contributed by atoms with Crippen LogP contribution in [0.15, 0.2) is 18.2 Å². The fourth-order valence-corrected chi connectivity index (χ4v) is 1.26. The summed E-state index contributed by atoms with van der Waals surface area (Å²) in [5.41, 5.74) is 6.59. The summed E-state index contributed by atoms with van der Waals surface area (Å²) in [5.74, 6) is -0.575. The third-order valence-corrected chi connectivity index (χ3v) is 2.55. The number of hydrogen-bond acceptors (Lipinski definition) is 2. The average molecular weight is 224 g/mol. The predicted molar refractivity (Wildman–Crippen MR) is 62.6 cm³/mol. The monoisotopic (exact) mass is 224 g/mol. The Morgan fingerprint density at radius 3 is 2.62 bits per heavy atom. The summed E-state index contributed by atoms with van der Waals surface area (Å²) in [6, 6.07) is 3.98. The van der Waals surface area contributed by atoms with Gasteiger partial charge in [0, 0.05) is 11.3 Å². The number of carbonyl (C=O) groups is 1. The Hall–Kier alpha value is -1.42. The summed E-state index contributed by atoms with van der Waals surface area (Å²) in [6.45, 7) is 5.34. The van der Waals surface area contributed by atoms with Crippen molar-refractivity contribution in [3.8, 4) is 0 Å². The Bertz CT molecular complexity index is 391. The zero-order chi connectivity index (χ0) is 12.3. The van der Waals surface area contributed by atoms with Gasteiger partial charge in [-0.25, -0.2) is 4.39 Å². The van der Waals surface area contributed by atoms with Crippen LogP contribution in [0.25, 0.3) is 0 Å². The van der Waals surface area contributed by atoms with Gasteiger partial charge in [0.05, 0.1) is 6.04 Å². The van der Waals surface area contributed by atoms with Gasteiger partial charge in [-0.05, 0) is 25.0 Å². The number of carbonyl (C=O) groups excluding carboxylic acids is 1. The Morgan fingerprint density at radius 1 is 1.44 bits per heavy atom. The van der Waals surface area contributed by atoms with Crippen LogP contribution in [0.3, 0.4) is 0 Å². The van der Waals surface area contributed by atoms with Crippen LogP contribution >= 0.6 is 0 Å². The molecule has 88 valence electrons. The molecule has 0 heterocycles. The van der Waals surface area contributed by atoms with E-state index in [0.29, 0.717) is 11.3 Å². The number of anilines is 1. The number of benzene rings is 1. The molecule has 4 heteroatoms. The van der Waals surface area contributed by atoms with E-state index in [9.17, 15) is 9.18 Å². The van der Waals surface area contributed by atoms with Crippen LogP contribution in [0.4, 0.5) is 10.1 Å². The van der Waals surface area contributed by atoms with Gasteiger partial charge < -0.3 is 11.1 Å². The quantitative estimate of drug-likeness (QED) is 0.825. The molecular weight excluding hydrogens is 207 g/mol. The highest BCUT2D eigenvalue weighted by Crippen LogP contribution is 2.17. The molecule has 0 spiro atoms. The number of hydrogen-bond donors (Lipinski definition) is 2. The van der Waals surface area contributed by atoms with Crippen molar-refractivity contribution in [3.63, 3.8) is 0 Å². The summed E-state index contributed by atoms with van der Waals surface area (Å²) in [6.07, 6.45) is 0. The van der Waals surface area contributed by atoms with E-state index in [1.165, 1.54) is 6.07 Å². The van der Waals surface area contributed by atoms with Crippen LogP contribution in [0.5, 0.6) is 0 Å². The highest BCUT2D eigenvalue weighted by atomic mass is 19.1. The molecule has 0 aliphatic carbocycles. The van der Waals surface area contributed by atoms with Crippen molar-refractivity contribution >= 4 is 11.6 Å². The Balaban J connectivity index is 2.81. The molecule has 0 bridgehead atoms. The van der Waals surface area contributed by atoms with Gasteiger partial charge in [0.2, 0.25) is 5.91 Å². The molecule has 1 aromatic carbocycles. The van der Waals surface area contributed by atoms with Crippen molar-refractivity contribution in [1.29, 1.82) is 0 Å². The van der Waals surface area contributed by atoms with Gasteiger partial charge in [0.15, 0.2) is 0 Å². The zero-order valence-electron chi connectivity index (χ0n) is 9.75. The second-order valence-corrected chi connectivity index (χ2v) is 4.17. The van der Waals surface area contributed by atoms with E-state index in [2.05, 4.69) is 5.32 Å². The average Bonchev–Trinajstić information content (AvgIpc) is 2.23. The molecule has 3 nitrogen and oxygen atoms in total. The lowest BCUT2D eigenvalue weighted by molar-refractivity contribution is -0.118. The maximum atomic E-state index is 13.2. The summed E-state index contributed by atoms with van der Waals surface area (Å²) < 4.78 is 13.2. The molecule has 1 aromatic rings. The second kappa shape index (κ2) is 5.07. The van der Waals surface area contributed by atoms with Crippen molar-refractivity contribution in [2.45, 2.75) is 26.8 Å². The van der Waals surface area contributed by atoms with Crippen LogP contribution in [-0.2, 0) is 4.79 Å². The van der Waals surface area contributed by atoms with Crippen LogP contribution < -0.4 is 11.1 Å². The predicted octanol–water partition coefficient (Wildman–Crippen LogP) is 2.06. The van der Waals surface area contributed by atoms with Gasteiger partial charge in [-0.2, -0.15) is 0 Å². The first-order chi connectivity index (χ1) is 7.43. The van der Waals surface area contributed by atoms with Gasteiger partial charge in [-0.3, -0.25) is 4.79 Å². The topological polar surface area (TPSA) is 55.1 Å². The standard InChI is InChI=1S/C12H17FN2O/c1-7(2)11(14)12(16)15-10-6-4-5-9(13)8(10)3/h4-7,11H,14H2,1-3H3,(H,15,16)/t11-/m0/s1. The molecule has 1 atom stereocenters. The first-order valence-electron chi connectivity index (χ1n) is 5.25. The lowest BCUT2D eigenvalue weighted by Crippen LogP contribution is -2.39. The van der Waals surface area contributed by atoms with Crippen molar-refractivity contribution in [2.75, 3.05) is 5.32 Å². The summed E-state index contributed by atoms with van der Waals surface area (Å²) in [4.78, 5) is 11.7. The van der Waals surface area contributed by atoms with Gasteiger partial charge in [0.25, 0.3) is 0 Å². The molecule has 0 saturated heterocycles. The number of rotatable bonds is 3. The number of nitrogens with one attached hydrogen (secondary N) is 1. The van der Waals surface area contributed by atoms with Crippen molar-refractivity contribution < 1.29 is 9.18 Å². The highest BCUT2D eigenvalue weighted by Gasteiger charge is 2.18. The Morgan fingerprint density at radius 2 is 2.06 bits per heavy atom. The molecule has 0 radical (unpaired) electrons. The molecular formula is C12H17FN2O. The molecule has 0 saturated carbocycles. The minimum Gasteiger partial charge on any atom is -0.324 e. The number of halogens is 1. The third kappa shape index (κ3) is 2.79. The smallest absolute Gasteiger partial charge is 0.241 e. The maximum Gasteiger partial charge on any atom is 0.241 e. The molecule has 0 unspecified atom stereocenters. The Kier molecular flexibility index (Phi) is 4.01. The summed E-state index contributed by atoms with van der Waals surface area (Å²) in [5, 5.41) is 2.63. The van der Waals surface area contributed by atoms with Crippen molar-refractivity contribution in [3.05, 3.63) is 29.6 Å². The second-order valence-electron chi connectivity index (χ2n) is 4.17. The minimum atomic E-state index is -0.581. The lowest BCUT2D eigenvalue weighted by Gasteiger charge is -2.16. The lowest BCUT2D eigenvalue weighted by atomic mass is 10.0. The Labute approximate surface area is 94.8 Å². The van der Waals surface area contributed by atoms with E-state index in [1.807, 2.05) is 13.8 Å². The van der Waals surface area contributed by atoms with E-state index in [1.54, 1.807) is 19.1 Å². The largest absolute Gasteiger partial charge is 0.324 e. The SMILES string of the molecule is Cc1c(F)cccc1NC(=O)[C@@H](N)C(C)C. The van der Waals surface area contributed by atoms with E-state index in [0.717, 1.165) is 0 Å². The van der Waals surface area contributed by atoms with E-state index in [4.69, 9.17) is 5.73 Å². The van der Waals surface area contributed by atoms with Crippen LogP contribution in [-0.4, -0.2) is 11.9 Å².